The van der Waals surface area contributed by atoms with Gasteiger partial charge in [0.2, 0.25) is 5.91 Å². The van der Waals surface area contributed by atoms with Gasteiger partial charge >= 0.3 is 0 Å². The van der Waals surface area contributed by atoms with Crippen molar-refractivity contribution in [3.63, 3.8) is 0 Å². The third-order valence-electron chi connectivity index (χ3n) is 4.21. The summed E-state index contributed by atoms with van der Waals surface area (Å²) in [4.78, 5) is 38.6. The van der Waals surface area contributed by atoms with E-state index in [2.05, 4.69) is 15.9 Å². The molecule has 8 heteroatoms. The summed E-state index contributed by atoms with van der Waals surface area (Å²) >= 11 is 3.38. The van der Waals surface area contributed by atoms with Crippen LogP contribution >= 0.6 is 15.9 Å². The van der Waals surface area contributed by atoms with Crippen molar-refractivity contribution in [1.29, 1.82) is 0 Å². The number of carbonyl (C=O) groups is 2. The van der Waals surface area contributed by atoms with E-state index in [4.69, 9.17) is 0 Å². The van der Waals surface area contributed by atoms with Crippen molar-refractivity contribution in [1.82, 2.24) is 4.90 Å². The summed E-state index contributed by atoms with van der Waals surface area (Å²) in [6.07, 6.45) is 1.23. The quantitative estimate of drug-likeness (QED) is 0.549. The molecule has 1 saturated heterocycles. The second-order valence-electron chi connectivity index (χ2n) is 5.89. The molecule has 0 N–H and O–H groups in total. The van der Waals surface area contributed by atoms with Crippen molar-refractivity contribution in [2.24, 2.45) is 0 Å². The minimum Gasteiger partial charge on any atom is -0.324 e. The molecule has 7 nitrogen and oxygen atoms in total. The van der Waals surface area contributed by atoms with Crippen LogP contribution in [0, 0.1) is 10.1 Å². The number of non-ortho nitro benzene ring substituents is 1. The standard InChI is InChI=1S/C18H16BrN3O4/c19-16-5-2-1-4-15(16)18(24)21(12-20-11-3-6-17(20)23)13-7-9-14(10-8-13)22(25)26/h1-2,4-5,7-10H,3,6,11-12H2. The van der Waals surface area contributed by atoms with Crippen LogP contribution in [0.25, 0.3) is 0 Å². The zero-order valence-corrected chi connectivity index (χ0v) is 15.4. The van der Waals surface area contributed by atoms with E-state index in [1.807, 2.05) is 0 Å². The number of nitrogens with zero attached hydrogens (tertiary/aromatic N) is 3. The highest BCUT2D eigenvalue weighted by molar-refractivity contribution is 9.10. The number of benzene rings is 2. The SMILES string of the molecule is O=C1CCCN1CN(C(=O)c1ccccc1Br)c1ccc([N+](=O)[O-])cc1. The first-order valence-corrected chi connectivity index (χ1v) is 8.85. The van der Waals surface area contributed by atoms with Crippen LogP contribution in [-0.4, -0.2) is 34.9 Å². The number of rotatable bonds is 5. The second-order valence-corrected chi connectivity index (χ2v) is 6.74. The first-order chi connectivity index (χ1) is 12.5. The highest BCUT2D eigenvalue weighted by Crippen LogP contribution is 2.25. The average molecular weight is 418 g/mol. The number of anilines is 1. The maximum absolute atomic E-state index is 13.1. The lowest BCUT2D eigenvalue weighted by molar-refractivity contribution is -0.384. The number of likely N-dealkylation sites (tertiary alicyclic amines) is 1. The number of nitro benzene ring substituents is 1. The molecule has 1 fully saturated rings. The minimum absolute atomic E-state index is 0.00293. The van der Waals surface area contributed by atoms with Gasteiger partial charge in [0.1, 0.15) is 6.67 Å². The molecular weight excluding hydrogens is 402 g/mol. The molecule has 2 aromatic carbocycles. The molecule has 1 aliphatic rings. The van der Waals surface area contributed by atoms with Crippen molar-refractivity contribution < 1.29 is 14.5 Å². The highest BCUT2D eigenvalue weighted by atomic mass is 79.9. The predicted octanol–water partition coefficient (Wildman–Crippen LogP) is 3.58. The summed E-state index contributed by atoms with van der Waals surface area (Å²) in [5, 5.41) is 10.9. The van der Waals surface area contributed by atoms with Crippen molar-refractivity contribution in [3.05, 3.63) is 68.7 Å². The molecule has 0 aliphatic carbocycles. The lowest BCUT2D eigenvalue weighted by Gasteiger charge is -2.28. The van der Waals surface area contributed by atoms with Crippen LogP contribution in [0.4, 0.5) is 11.4 Å². The number of amides is 2. The van der Waals surface area contributed by atoms with Crippen molar-refractivity contribution in [2.75, 3.05) is 18.1 Å². The van der Waals surface area contributed by atoms with E-state index >= 15 is 0 Å². The van der Waals surface area contributed by atoms with E-state index in [1.54, 1.807) is 29.2 Å². The number of halogens is 1. The van der Waals surface area contributed by atoms with E-state index in [-0.39, 0.29) is 24.2 Å². The highest BCUT2D eigenvalue weighted by Gasteiger charge is 2.27. The first kappa shape index (κ1) is 18.1. The van der Waals surface area contributed by atoms with Crippen LogP contribution in [0.15, 0.2) is 53.0 Å². The fourth-order valence-corrected chi connectivity index (χ4v) is 3.28. The van der Waals surface area contributed by atoms with Crippen molar-refractivity contribution >= 4 is 39.1 Å². The van der Waals surface area contributed by atoms with Gasteiger partial charge in [0.25, 0.3) is 11.6 Å². The monoisotopic (exact) mass is 417 g/mol. The third-order valence-corrected chi connectivity index (χ3v) is 4.90. The summed E-state index contributed by atoms with van der Waals surface area (Å²) in [5.41, 5.74) is 0.896. The summed E-state index contributed by atoms with van der Waals surface area (Å²) in [6.45, 7) is 0.697. The largest absolute Gasteiger partial charge is 0.324 e. The molecule has 0 spiro atoms. The van der Waals surface area contributed by atoms with Gasteiger partial charge in [-0.25, -0.2) is 0 Å². The van der Waals surface area contributed by atoms with Gasteiger partial charge in [-0.05, 0) is 46.6 Å². The molecule has 0 saturated carbocycles. The van der Waals surface area contributed by atoms with E-state index in [9.17, 15) is 19.7 Å². The zero-order chi connectivity index (χ0) is 18.7. The Labute approximate surface area is 158 Å². The van der Waals surface area contributed by atoms with E-state index in [1.165, 1.54) is 29.2 Å². The Balaban J connectivity index is 1.95. The minimum atomic E-state index is -0.492. The van der Waals surface area contributed by atoms with Crippen LogP contribution in [-0.2, 0) is 4.79 Å². The molecular formula is C18H16BrN3O4. The van der Waals surface area contributed by atoms with E-state index in [0.717, 1.165) is 6.42 Å². The Hall–Kier alpha value is -2.74. The summed E-state index contributed by atoms with van der Waals surface area (Å²) in [5.74, 6) is -0.289. The smallest absolute Gasteiger partial charge is 0.269 e. The van der Waals surface area contributed by atoms with Crippen LogP contribution < -0.4 is 4.90 Å². The molecule has 0 unspecified atom stereocenters. The number of carbonyl (C=O) groups excluding carboxylic acids is 2. The van der Waals surface area contributed by atoms with Crippen molar-refractivity contribution in [3.8, 4) is 0 Å². The molecule has 0 radical (unpaired) electrons. The Bertz CT molecular complexity index is 854. The predicted molar refractivity (Wildman–Crippen MR) is 99.9 cm³/mol. The van der Waals surface area contributed by atoms with Crippen LogP contribution in [0.2, 0.25) is 0 Å². The Kier molecular flexibility index (Phi) is 5.32. The van der Waals surface area contributed by atoms with Gasteiger partial charge < -0.3 is 4.90 Å². The first-order valence-electron chi connectivity index (χ1n) is 8.06. The zero-order valence-electron chi connectivity index (χ0n) is 13.8. The molecule has 2 amide bonds. The maximum Gasteiger partial charge on any atom is 0.269 e. The van der Waals surface area contributed by atoms with Gasteiger partial charge in [-0.1, -0.05) is 12.1 Å². The lowest BCUT2D eigenvalue weighted by Crippen LogP contribution is -2.42. The fourth-order valence-electron chi connectivity index (χ4n) is 2.82. The van der Waals surface area contributed by atoms with Gasteiger partial charge in [-0.15, -0.1) is 0 Å². The summed E-state index contributed by atoms with van der Waals surface area (Å²) < 4.78 is 0.643. The number of hydrogen-bond donors (Lipinski definition) is 0. The molecule has 1 aliphatic heterocycles. The molecule has 0 aromatic heterocycles. The molecule has 26 heavy (non-hydrogen) atoms. The molecule has 134 valence electrons. The van der Waals surface area contributed by atoms with Gasteiger partial charge in [-0.3, -0.25) is 24.6 Å². The van der Waals surface area contributed by atoms with E-state index < -0.39 is 4.92 Å². The van der Waals surface area contributed by atoms with Gasteiger partial charge in [0.15, 0.2) is 0 Å². The molecule has 0 bridgehead atoms. The topological polar surface area (TPSA) is 83.8 Å². The normalized spacial score (nSPS) is 13.7. The Morgan fingerprint density at radius 1 is 1.19 bits per heavy atom. The molecule has 1 heterocycles. The van der Waals surface area contributed by atoms with Crippen LogP contribution in [0.3, 0.4) is 0 Å². The third kappa shape index (κ3) is 3.75. The summed E-state index contributed by atoms with van der Waals surface area (Å²) in [6, 6.07) is 12.8. The second kappa shape index (κ2) is 7.65. The lowest BCUT2D eigenvalue weighted by atomic mass is 10.2. The van der Waals surface area contributed by atoms with Gasteiger partial charge in [-0.2, -0.15) is 0 Å². The Morgan fingerprint density at radius 2 is 1.88 bits per heavy atom. The number of hydrogen-bond acceptors (Lipinski definition) is 4. The molecule has 0 atom stereocenters. The van der Waals surface area contributed by atoms with Gasteiger partial charge in [0.05, 0.1) is 10.5 Å². The maximum atomic E-state index is 13.1. The molecule has 2 aromatic rings. The fraction of sp³-hybridized carbons (Fsp3) is 0.222. The van der Waals surface area contributed by atoms with Crippen molar-refractivity contribution in [2.45, 2.75) is 12.8 Å². The van der Waals surface area contributed by atoms with Gasteiger partial charge in [0, 0.05) is 35.3 Å². The number of nitro groups is 1. The molecule has 3 rings (SSSR count). The van der Waals surface area contributed by atoms with Crippen LogP contribution in [0.5, 0.6) is 0 Å². The Morgan fingerprint density at radius 3 is 2.46 bits per heavy atom. The summed E-state index contributed by atoms with van der Waals surface area (Å²) in [7, 11) is 0. The van der Waals surface area contributed by atoms with E-state index in [0.29, 0.717) is 28.7 Å². The average Bonchev–Trinajstić information content (AvgIpc) is 3.04. The van der Waals surface area contributed by atoms with Crippen LogP contribution in [0.1, 0.15) is 23.2 Å².